The van der Waals surface area contributed by atoms with Gasteiger partial charge in [-0.25, -0.2) is 0 Å². The fourth-order valence-corrected chi connectivity index (χ4v) is 3.21. The third-order valence-corrected chi connectivity index (χ3v) is 4.69. The van der Waals surface area contributed by atoms with Crippen LogP contribution in [0.4, 0.5) is 5.69 Å². The summed E-state index contributed by atoms with van der Waals surface area (Å²) >= 11 is 0. The van der Waals surface area contributed by atoms with Crippen molar-refractivity contribution in [2.75, 3.05) is 5.32 Å². The molecule has 2 aromatic rings. The summed E-state index contributed by atoms with van der Waals surface area (Å²) in [5, 5.41) is 2.90. The van der Waals surface area contributed by atoms with E-state index in [0.717, 1.165) is 17.4 Å². The van der Waals surface area contributed by atoms with Crippen molar-refractivity contribution in [1.82, 2.24) is 0 Å². The summed E-state index contributed by atoms with van der Waals surface area (Å²) in [5.41, 5.74) is 0.706. The predicted octanol–water partition coefficient (Wildman–Crippen LogP) is 4.48. The second-order valence-electron chi connectivity index (χ2n) is 7.44. The van der Waals surface area contributed by atoms with Crippen molar-refractivity contribution in [3.63, 3.8) is 0 Å². The van der Waals surface area contributed by atoms with Gasteiger partial charge < -0.3 is 19.2 Å². The molecule has 4 rings (SSSR count). The minimum absolute atomic E-state index is 0.0455. The van der Waals surface area contributed by atoms with Crippen LogP contribution in [-0.4, -0.2) is 11.7 Å². The van der Waals surface area contributed by atoms with Gasteiger partial charge in [0.2, 0.25) is 11.7 Å². The number of hydrogen-bond acceptors (Lipinski definition) is 4. The molecule has 0 saturated heterocycles. The van der Waals surface area contributed by atoms with Gasteiger partial charge in [0.1, 0.15) is 11.5 Å². The van der Waals surface area contributed by atoms with Crippen LogP contribution >= 0.6 is 0 Å². The van der Waals surface area contributed by atoms with Gasteiger partial charge in [-0.1, -0.05) is 6.92 Å². The normalized spacial score (nSPS) is 22.7. The molecule has 25 heavy (non-hydrogen) atoms. The Morgan fingerprint density at radius 1 is 1.20 bits per heavy atom. The molecule has 1 fully saturated rings. The number of aryl methyl sites for hydroxylation is 1. The Balaban J connectivity index is 1.31. The molecule has 1 aliphatic heterocycles. The average molecular weight is 341 g/mol. The van der Waals surface area contributed by atoms with Crippen LogP contribution in [0, 0.1) is 5.92 Å². The van der Waals surface area contributed by atoms with Gasteiger partial charge in [-0.15, -0.1) is 0 Å². The number of carbonyl (C=O) groups excluding carboxylic acids is 1. The van der Waals surface area contributed by atoms with E-state index in [1.165, 1.54) is 6.42 Å². The van der Waals surface area contributed by atoms with Crippen LogP contribution in [0.15, 0.2) is 34.7 Å². The molecule has 5 heteroatoms. The van der Waals surface area contributed by atoms with E-state index >= 15 is 0 Å². The highest BCUT2D eigenvalue weighted by molar-refractivity contribution is 5.91. The summed E-state index contributed by atoms with van der Waals surface area (Å²) < 4.78 is 17.2. The molecule has 1 amide bonds. The monoisotopic (exact) mass is 341 g/mol. The number of hydrogen-bond donors (Lipinski definition) is 1. The Hall–Kier alpha value is -2.43. The summed E-state index contributed by atoms with van der Waals surface area (Å²) in [7, 11) is 0. The Bertz CT molecular complexity index is 808. The van der Waals surface area contributed by atoms with Gasteiger partial charge in [0.15, 0.2) is 11.5 Å². The van der Waals surface area contributed by atoms with Gasteiger partial charge in [-0.2, -0.15) is 0 Å². The lowest BCUT2D eigenvalue weighted by molar-refractivity contribution is -0.116. The van der Waals surface area contributed by atoms with Crippen molar-refractivity contribution in [1.29, 1.82) is 0 Å². The second kappa shape index (κ2) is 5.83. The van der Waals surface area contributed by atoms with Crippen molar-refractivity contribution in [3.05, 3.63) is 41.9 Å². The molecule has 2 heterocycles. The molecule has 1 N–H and O–H groups in total. The van der Waals surface area contributed by atoms with Crippen molar-refractivity contribution in [3.8, 4) is 11.5 Å². The van der Waals surface area contributed by atoms with Gasteiger partial charge in [0.05, 0.1) is 0 Å². The van der Waals surface area contributed by atoms with Crippen LogP contribution in [0.25, 0.3) is 0 Å². The zero-order valence-corrected chi connectivity index (χ0v) is 14.8. The van der Waals surface area contributed by atoms with Crippen molar-refractivity contribution in [2.24, 2.45) is 5.92 Å². The highest BCUT2D eigenvalue weighted by Crippen LogP contribution is 2.47. The maximum atomic E-state index is 12.2. The van der Waals surface area contributed by atoms with Gasteiger partial charge in [0.25, 0.3) is 0 Å². The average Bonchev–Trinajstić information content (AvgIpc) is 2.96. The first-order valence-corrected chi connectivity index (χ1v) is 8.80. The van der Waals surface area contributed by atoms with E-state index in [-0.39, 0.29) is 5.91 Å². The zero-order valence-electron chi connectivity index (χ0n) is 14.8. The lowest BCUT2D eigenvalue weighted by Gasteiger charge is -2.16. The number of amides is 1. The maximum Gasteiger partial charge on any atom is 0.246 e. The van der Waals surface area contributed by atoms with Gasteiger partial charge in [-0.3, -0.25) is 4.79 Å². The molecule has 1 saturated carbocycles. The Morgan fingerprint density at radius 3 is 2.72 bits per heavy atom. The molecule has 1 aromatic heterocycles. The van der Waals surface area contributed by atoms with Gasteiger partial charge >= 0.3 is 0 Å². The fourth-order valence-electron chi connectivity index (χ4n) is 3.21. The molecule has 2 atom stereocenters. The first-order chi connectivity index (χ1) is 11.9. The van der Waals surface area contributed by atoms with Crippen LogP contribution in [-0.2, 0) is 11.2 Å². The summed E-state index contributed by atoms with van der Waals surface area (Å²) in [5.74, 6) is 3.85. The number of benzene rings is 1. The molecule has 0 spiro atoms. The Labute approximate surface area is 147 Å². The molecule has 5 nitrogen and oxygen atoms in total. The predicted molar refractivity (Wildman–Crippen MR) is 94.0 cm³/mol. The van der Waals surface area contributed by atoms with Crippen LogP contribution in [0.5, 0.6) is 11.5 Å². The molecular weight excluding hydrogens is 318 g/mol. The van der Waals surface area contributed by atoms with E-state index in [1.54, 1.807) is 6.07 Å². The van der Waals surface area contributed by atoms with E-state index < -0.39 is 5.79 Å². The second-order valence-corrected chi connectivity index (χ2v) is 7.44. The Morgan fingerprint density at radius 2 is 1.96 bits per heavy atom. The lowest BCUT2D eigenvalue weighted by atomic mass is 10.2. The van der Waals surface area contributed by atoms with Crippen LogP contribution < -0.4 is 14.8 Å². The zero-order chi connectivity index (χ0) is 17.6. The van der Waals surface area contributed by atoms with Crippen LogP contribution in [0.2, 0.25) is 0 Å². The molecule has 0 radical (unpaired) electrons. The number of rotatable bonds is 5. The molecule has 1 aliphatic carbocycles. The topological polar surface area (TPSA) is 60.7 Å². The van der Waals surface area contributed by atoms with E-state index in [4.69, 9.17) is 13.9 Å². The highest BCUT2D eigenvalue weighted by atomic mass is 16.7. The van der Waals surface area contributed by atoms with Gasteiger partial charge in [-0.05, 0) is 36.6 Å². The summed E-state index contributed by atoms with van der Waals surface area (Å²) in [6.07, 6.45) is 2.19. The van der Waals surface area contributed by atoms with Gasteiger partial charge in [0, 0.05) is 44.4 Å². The van der Waals surface area contributed by atoms with Crippen molar-refractivity contribution < 1.29 is 18.7 Å². The smallest absolute Gasteiger partial charge is 0.246 e. The maximum absolute atomic E-state index is 12.2. The summed E-state index contributed by atoms with van der Waals surface area (Å²) in [4.78, 5) is 12.2. The third-order valence-electron chi connectivity index (χ3n) is 4.69. The third kappa shape index (κ3) is 3.50. The van der Waals surface area contributed by atoms with E-state index in [0.29, 0.717) is 35.9 Å². The van der Waals surface area contributed by atoms with Crippen molar-refractivity contribution >= 4 is 11.6 Å². The number of fused-ring (bicyclic) bond motifs is 1. The number of carbonyl (C=O) groups is 1. The molecule has 0 bridgehead atoms. The van der Waals surface area contributed by atoms with E-state index in [9.17, 15) is 4.79 Å². The van der Waals surface area contributed by atoms with E-state index in [1.807, 2.05) is 38.1 Å². The number of anilines is 1. The Kier molecular flexibility index (Phi) is 3.74. The number of furan rings is 1. The highest BCUT2D eigenvalue weighted by Gasteiger charge is 2.36. The number of ether oxygens (including phenoxy) is 2. The minimum Gasteiger partial charge on any atom is -0.466 e. The van der Waals surface area contributed by atoms with E-state index in [2.05, 4.69) is 12.2 Å². The molecule has 1 aromatic carbocycles. The van der Waals surface area contributed by atoms with Crippen LogP contribution in [0.3, 0.4) is 0 Å². The lowest BCUT2D eigenvalue weighted by Crippen LogP contribution is -2.29. The molecule has 0 unspecified atom stereocenters. The SMILES string of the molecule is C[C@H]1C[C@H]1c1ccc(CCC(=O)Nc2ccc3c(c2)OC(C)(C)O3)o1. The summed E-state index contributed by atoms with van der Waals surface area (Å²) in [6.45, 7) is 5.93. The van der Waals surface area contributed by atoms with Crippen molar-refractivity contribution in [2.45, 2.75) is 51.7 Å². The quantitative estimate of drug-likeness (QED) is 0.871. The fraction of sp³-hybridized carbons (Fsp3) is 0.450. The largest absolute Gasteiger partial charge is 0.466 e. The standard InChI is InChI=1S/C20H23NO4/c1-12-10-15(12)16-8-5-14(23-16)6-9-19(22)21-13-4-7-17-18(11-13)25-20(2,3)24-17/h4-5,7-8,11-12,15H,6,9-10H2,1-3H3,(H,21,22)/t12-,15+/m0/s1. The summed E-state index contributed by atoms with van der Waals surface area (Å²) in [6, 6.07) is 9.45. The molecular formula is C20H23NO4. The number of nitrogens with one attached hydrogen (secondary N) is 1. The first kappa shape index (κ1) is 16.1. The van der Waals surface area contributed by atoms with Crippen LogP contribution in [0.1, 0.15) is 51.1 Å². The molecule has 2 aliphatic rings. The molecule has 132 valence electrons. The first-order valence-electron chi connectivity index (χ1n) is 8.80. The minimum atomic E-state index is -0.666.